The molecule has 0 atom stereocenters. The van der Waals surface area contributed by atoms with Gasteiger partial charge < -0.3 is 14.5 Å². The summed E-state index contributed by atoms with van der Waals surface area (Å²) in [5.41, 5.74) is 2.20. The van der Waals surface area contributed by atoms with Crippen molar-refractivity contribution in [2.24, 2.45) is 0 Å². The normalized spacial score (nSPS) is 14.5. The van der Waals surface area contributed by atoms with Crippen LogP contribution < -0.4 is 9.64 Å². The maximum Gasteiger partial charge on any atom is 0.256 e. The van der Waals surface area contributed by atoms with Gasteiger partial charge in [0.2, 0.25) is 5.91 Å². The van der Waals surface area contributed by atoms with Crippen LogP contribution in [-0.2, 0) is 11.2 Å². The van der Waals surface area contributed by atoms with Crippen molar-refractivity contribution in [2.45, 2.75) is 32.6 Å². The highest BCUT2D eigenvalue weighted by molar-refractivity contribution is 5.77. The van der Waals surface area contributed by atoms with Crippen molar-refractivity contribution in [3.63, 3.8) is 0 Å². The highest BCUT2D eigenvalue weighted by Gasteiger charge is 2.23. The SMILES string of the molecule is COc1ccccc1CCC(=O)N1CCN(c2cc(C(C)C)n3cnnc3n2)CC1. The number of carbonyl (C=O) groups is 1. The van der Waals surface area contributed by atoms with Crippen LogP contribution in [0.4, 0.5) is 5.82 Å². The van der Waals surface area contributed by atoms with Crippen LogP contribution in [0.3, 0.4) is 0 Å². The van der Waals surface area contributed by atoms with Gasteiger partial charge in [0.05, 0.1) is 7.11 Å². The monoisotopic (exact) mass is 408 g/mol. The smallest absolute Gasteiger partial charge is 0.256 e. The number of carbonyl (C=O) groups excluding carboxylic acids is 1. The van der Waals surface area contributed by atoms with Crippen LogP contribution in [0, 0.1) is 0 Å². The number of amides is 1. The van der Waals surface area contributed by atoms with E-state index in [0.29, 0.717) is 37.6 Å². The molecule has 0 unspecified atom stereocenters. The number of benzene rings is 1. The number of hydrogen-bond acceptors (Lipinski definition) is 6. The van der Waals surface area contributed by atoms with Crippen LogP contribution in [0.2, 0.25) is 0 Å². The van der Waals surface area contributed by atoms with Gasteiger partial charge in [-0.3, -0.25) is 9.20 Å². The lowest BCUT2D eigenvalue weighted by molar-refractivity contribution is -0.131. The molecule has 1 fully saturated rings. The molecule has 0 radical (unpaired) electrons. The van der Waals surface area contributed by atoms with Crippen molar-refractivity contribution >= 4 is 17.5 Å². The highest BCUT2D eigenvalue weighted by atomic mass is 16.5. The largest absolute Gasteiger partial charge is 0.496 e. The minimum absolute atomic E-state index is 0.185. The molecule has 4 rings (SSSR count). The summed E-state index contributed by atoms with van der Waals surface area (Å²) in [6, 6.07) is 9.98. The van der Waals surface area contributed by atoms with Crippen LogP contribution in [0.1, 0.15) is 37.4 Å². The minimum atomic E-state index is 0.185. The average molecular weight is 409 g/mol. The molecule has 1 aliphatic heterocycles. The molecule has 0 saturated carbocycles. The van der Waals surface area contributed by atoms with E-state index in [4.69, 9.17) is 4.74 Å². The van der Waals surface area contributed by atoms with Gasteiger partial charge in [-0.2, -0.15) is 4.98 Å². The van der Waals surface area contributed by atoms with Crippen molar-refractivity contribution in [2.75, 3.05) is 38.2 Å². The molecule has 0 aliphatic carbocycles. The van der Waals surface area contributed by atoms with Gasteiger partial charge >= 0.3 is 0 Å². The zero-order valence-corrected chi connectivity index (χ0v) is 17.8. The maximum atomic E-state index is 12.7. The summed E-state index contributed by atoms with van der Waals surface area (Å²) in [5, 5.41) is 8.12. The third kappa shape index (κ3) is 4.08. The molecule has 1 aliphatic rings. The predicted octanol–water partition coefficient (Wildman–Crippen LogP) is 2.54. The third-order valence-corrected chi connectivity index (χ3v) is 5.65. The van der Waals surface area contributed by atoms with Gasteiger partial charge in [-0.1, -0.05) is 32.0 Å². The Hall–Kier alpha value is -3.16. The van der Waals surface area contributed by atoms with Crippen LogP contribution in [0.5, 0.6) is 5.75 Å². The van der Waals surface area contributed by atoms with Crippen LogP contribution in [0.25, 0.3) is 5.78 Å². The summed E-state index contributed by atoms with van der Waals surface area (Å²) < 4.78 is 7.32. The average Bonchev–Trinajstić information content (AvgIpc) is 3.25. The molecule has 0 spiro atoms. The summed E-state index contributed by atoms with van der Waals surface area (Å²) in [4.78, 5) is 21.6. The molecule has 0 bridgehead atoms. The lowest BCUT2D eigenvalue weighted by atomic mass is 10.1. The van der Waals surface area contributed by atoms with Gasteiger partial charge in [-0.15, -0.1) is 10.2 Å². The quantitative estimate of drug-likeness (QED) is 0.624. The summed E-state index contributed by atoms with van der Waals surface area (Å²) in [6.45, 7) is 7.21. The number of ether oxygens (including phenoxy) is 1. The number of methoxy groups -OCH3 is 1. The lowest BCUT2D eigenvalue weighted by Gasteiger charge is -2.35. The molecule has 1 aromatic carbocycles. The van der Waals surface area contributed by atoms with Crippen molar-refractivity contribution in [1.29, 1.82) is 0 Å². The molecule has 2 aromatic heterocycles. The first-order chi connectivity index (χ1) is 14.6. The molecule has 3 heterocycles. The number of fused-ring (bicyclic) bond motifs is 1. The Morgan fingerprint density at radius 3 is 2.67 bits per heavy atom. The number of anilines is 1. The second-order valence-electron chi connectivity index (χ2n) is 7.87. The van der Waals surface area contributed by atoms with Crippen molar-refractivity contribution in [3.8, 4) is 5.75 Å². The molecule has 158 valence electrons. The fraction of sp³-hybridized carbons (Fsp3) is 0.455. The Kier molecular flexibility index (Phi) is 5.83. The van der Waals surface area contributed by atoms with Gasteiger partial charge in [0.1, 0.15) is 17.9 Å². The van der Waals surface area contributed by atoms with E-state index in [2.05, 4.69) is 40.0 Å². The summed E-state index contributed by atoms with van der Waals surface area (Å²) >= 11 is 0. The molecule has 3 aromatic rings. The Balaban J connectivity index is 1.38. The topological polar surface area (TPSA) is 75.9 Å². The minimum Gasteiger partial charge on any atom is -0.496 e. The molecule has 8 heteroatoms. The predicted molar refractivity (Wildman–Crippen MR) is 115 cm³/mol. The van der Waals surface area contributed by atoms with Gasteiger partial charge in [0.15, 0.2) is 0 Å². The number of aromatic nitrogens is 4. The highest BCUT2D eigenvalue weighted by Crippen LogP contribution is 2.23. The number of aryl methyl sites for hydroxylation is 1. The summed E-state index contributed by atoms with van der Waals surface area (Å²) in [5.74, 6) is 2.88. The standard InChI is InChI=1S/C22H28N6O2/c1-16(2)18-14-20(24-22-25-23-15-28(18)22)26-10-12-27(13-11-26)21(29)9-8-17-6-4-5-7-19(17)30-3/h4-7,14-16H,8-13H2,1-3H3. The van der Waals surface area contributed by atoms with Crippen LogP contribution in [-0.4, -0.2) is 63.7 Å². The van der Waals surface area contributed by atoms with Crippen LogP contribution >= 0.6 is 0 Å². The van der Waals surface area contributed by atoms with E-state index in [1.54, 1.807) is 13.4 Å². The first-order valence-electron chi connectivity index (χ1n) is 10.4. The maximum absolute atomic E-state index is 12.7. The number of hydrogen-bond donors (Lipinski definition) is 0. The van der Waals surface area contributed by atoms with E-state index in [0.717, 1.165) is 35.9 Å². The number of nitrogens with zero attached hydrogens (tertiary/aromatic N) is 6. The molecule has 0 N–H and O–H groups in total. The number of piperazine rings is 1. The first kappa shape index (κ1) is 20.1. The molecule has 30 heavy (non-hydrogen) atoms. The van der Waals surface area contributed by atoms with Crippen molar-refractivity contribution < 1.29 is 9.53 Å². The molecule has 8 nitrogen and oxygen atoms in total. The summed E-state index contributed by atoms with van der Waals surface area (Å²) in [6.07, 6.45) is 2.88. The molecular weight excluding hydrogens is 380 g/mol. The van der Waals surface area contributed by atoms with Crippen molar-refractivity contribution in [3.05, 3.63) is 47.9 Å². The fourth-order valence-corrected chi connectivity index (χ4v) is 3.92. The van der Waals surface area contributed by atoms with E-state index < -0.39 is 0 Å². The zero-order chi connectivity index (χ0) is 21.1. The number of para-hydroxylation sites is 1. The molecular formula is C22H28N6O2. The Morgan fingerprint density at radius 1 is 1.17 bits per heavy atom. The Bertz CT molecular complexity index is 1020. The Labute approximate surface area is 176 Å². The van der Waals surface area contributed by atoms with E-state index in [-0.39, 0.29) is 5.91 Å². The molecule has 1 amide bonds. The van der Waals surface area contributed by atoms with E-state index >= 15 is 0 Å². The number of rotatable bonds is 6. The van der Waals surface area contributed by atoms with E-state index in [1.165, 1.54) is 0 Å². The second-order valence-corrected chi connectivity index (χ2v) is 7.87. The van der Waals surface area contributed by atoms with Crippen molar-refractivity contribution in [1.82, 2.24) is 24.5 Å². The lowest BCUT2D eigenvalue weighted by Crippen LogP contribution is -2.49. The summed E-state index contributed by atoms with van der Waals surface area (Å²) in [7, 11) is 1.66. The molecule has 1 saturated heterocycles. The zero-order valence-electron chi connectivity index (χ0n) is 17.8. The van der Waals surface area contributed by atoms with Gasteiger partial charge in [0, 0.05) is 44.4 Å². The fourth-order valence-electron chi connectivity index (χ4n) is 3.92. The first-order valence-corrected chi connectivity index (χ1v) is 10.4. The van der Waals surface area contributed by atoms with Gasteiger partial charge in [-0.05, 0) is 24.0 Å². The van der Waals surface area contributed by atoms with E-state index in [1.807, 2.05) is 33.6 Å². The second kappa shape index (κ2) is 8.69. The van der Waals surface area contributed by atoms with E-state index in [9.17, 15) is 4.79 Å². The van der Waals surface area contributed by atoms with Gasteiger partial charge in [-0.25, -0.2) is 0 Å². The van der Waals surface area contributed by atoms with Gasteiger partial charge in [0.25, 0.3) is 5.78 Å². The Morgan fingerprint density at radius 2 is 1.93 bits per heavy atom. The van der Waals surface area contributed by atoms with Crippen LogP contribution in [0.15, 0.2) is 36.7 Å². The third-order valence-electron chi connectivity index (χ3n) is 5.65.